The molecule has 1 unspecified atom stereocenters. The van der Waals surface area contributed by atoms with Gasteiger partial charge in [0, 0.05) is 0 Å². The molecular formula is C21H44O2. The van der Waals surface area contributed by atoms with Gasteiger partial charge in [0.15, 0.2) is 0 Å². The number of hydrogen-bond donors (Lipinski definition) is 0. The SMILES string of the molecule is C.C.C.C.CCC(C)(C)C(=O)OC.CCC(C)c1ccccc1. The highest BCUT2D eigenvalue weighted by molar-refractivity contribution is 5.75. The molecular weight excluding hydrogens is 284 g/mol. The second-order valence-corrected chi connectivity index (χ2v) is 5.45. The fourth-order valence-corrected chi connectivity index (χ4v) is 1.44. The van der Waals surface area contributed by atoms with Crippen LogP contribution >= 0.6 is 0 Å². The second kappa shape index (κ2) is 17.1. The molecule has 0 N–H and O–H groups in total. The largest absolute Gasteiger partial charge is 0.469 e. The Kier molecular flexibility index (Phi) is 24.7. The van der Waals surface area contributed by atoms with Crippen LogP contribution in [-0.2, 0) is 9.53 Å². The average molecular weight is 329 g/mol. The summed E-state index contributed by atoms with van der Waals surface area (Å²) in [4.78, 5) is 10.8. The van der Waals surface area contributed by atoms with Crippen molar-refractivity contribution in [2.45, 2.75) is 83.1 Å². The first kappa shape index (κ1) is 33.3. The van der Waals surface area contributed by atoms with Gasteiger partial charge in [-0.1, -0.05) is 80.8 Å². The maximum Gasteiger partial charge on any atom is 0.311 e. The summed E-state index contributed by atoms with van der Waals surface area (Å²) in [7, 11) is 1.42. The van der Waals surface area contributed by atoms with Crippen molar-refractivity contribution < 1.29 is 9.53 Å². The Hall–Kier alpha value is -1.31. The standard InChI is InChI=1S/C10H14.C7H14O2.4CH4/c1-3-9(2)10-7-5-4-6-8-10;1-5-7(2,3)6(8)9-4;;;;/h4-9H,3H2,1-2H3;5H2,1-4H3;4*1H4. The van der Waals surface area contributed by atoms with Crippen LogP contribution in [0, 0.1) is 5.41 Å². The Balaban J connectivity index is -0.0000000804. The number of esters is 1. The minimum Gasteiger partial charge on any atom is -0.469 e. The van der Waals surface area contributed by atoms with Gasteiger partial charge in [-0.15, -0.1) is 0 Å². The topological polar surface area (TPSA) is 26.3 Å². The van der Waals surface area contributed by atoms with Crippen molar-refractivity contribution in [1.29, 1.82) is 0 Å². The third kappa shape index (κ3) is 12.9. The molecule has 0 radical (unpaired) electrons. The Bertz CT molecular complexity index is 355. The zero-order valence-corrected chi connectivity index (χ0v) is 13.2. The van der Waals surface area contributed by atoms with Crippen LogP contribution < -0.4 is 0 Å². The van der Waals surface area contributed by atoms with Crippen LogP contribution in [0.4, 0.5) is 0 Å². The van der Waals surface area contributed by atoms with Gasteiger partial charge in [0.25, 0.3) is 0 Å². The van der Waals surface area contributed by atoms with Gasteiger partial charge in [-0.05, 0) is 38.2 Å². The Labute approximate surface area is 147 Å². The van der Waals surface area contributed by atoms with Crippen LogP contribution in [0.5, 0.6) is 0 Å². The van der Waals surface area contributed by atoms with Gasteiger partial charge in [-0.25, -0.2) is 0 Å². The highest BCUT2D eigenvalue weighted by Gasteiger charge is 2.25. The summed E-state index contributed by atoms with van der Waals surface area (Å²) in [5.74, 6) is 0.575. The quantitative estimate of drug-likeness (QED) is 0.540. The van der Waals surface area contributed by atoms with E-state index in [0.29, 0.717) is 5.92 Å². The molecule has 0 spiro atoms. The first-order valence-corrected chi connectivity index (χ1v) is 7.02. The number of methoxy groups -OCH3 is 1. The van der Waals surface area contributed by atoms with Crippen LogP contribution in [0.3, 0.4) is 0 Å². The van der Waals surface area contributed by atoms with E-state index in [1.165, 1.54) is 19.1 Å². The lowest BCUT2D eigenvalue weighted by Gasteiger charge is -2.17. The number of hydrogen-bond acceptors (Lipinski definition) is 2. The van der Waals surface area contributed by atoms with Gasteiger partial charge < -0.3 is 4.74 Å². The maximum atomic E-state index is 10.8. The molecule has 0 bridgehead atoms. The predicted molar refractivity (Wildman–Crippen MR) is 108 cm³/mol. The summed E-state index contributed by atoms with van der Waals surface area (Å²) in [6, 6.07) is 10.6. The molecule has 0 aromatic heterocycles. The van der Waals surface area contributed by atoms with Gasteiger partial charge in [0.05, 0.1) is 12.5 Å². The van der Waals surface area contributed by atoms with Crippen molar-refractivity contribution in [3.63, 3.8) is 0 Å². The fraction of sp³-hybridized carbons (Fsp3) is 0.667. The smallest absolute Gasteiger partial charge is 0.311 e. The van der Waals surface area contributed by atoms with Crippen LogP contribution in [0.25, 0.3) is 0 Å². The summed E-state index contributed by atoms with van der Waals surface area (Å²) in [6.07, 6.45) is 2.05. The van der Waals surface area contributed by atoms with E-state index in [4.69, 9.17) is 0 Å². The van der Waals surface area contributed by atoms with Crippen LogP contribution in [0.2, 0.25) is 0 Å². The molecule has 1 aromatic carbocycles. The van der Waals surface area contributed by atoms with Gasteiger partial charge in [-0.2, -0.15) is 0 Å². The highest BCUT2D eigenvalue weighted by atomic mass is 16.5. The summed E-state index contributed by atoms with van der Waals surface area (Å²) in [5.41, 5.74) is 1.14. The molecule has 0 aliphatic heterocycles. The van der Waals surface area contributed by atoms with Crippen molar-refractivity contribution >= 4 is 5.97 Å². The summed E-state index contributed by atoms with van der Waals surface area (Å²) in [6.45, 7) is 10.2. The van der Waals surface area contributed by atoms with Gasteiger partial charge in [0.2, 0.25) is 0 Å². The first-order chi connectivity index (χ1) is 8.88. The molecule has 0 aliphatic rings. The van der Waals surface area contributed by atoms with Crippen molar-refractivity contribution in [2.24, 2.45) is 5.41 Å². The minimum atomic E-state index is -0.311. The molecule has 2 nitrogen and oxygen atoms in total. The molecule has 2 heteroatoms. The lowest BCUT2D eigenvalue weighted by atomic mass is 9.91. The van der Waals surface area contributed by atoms with E-state index >= 15 is 0 Å². The molecule has 0 amide bonds. The third-order valence-corrected chi connectivity index (χ3v) is 3.60. The van der Waals surface area contributed by atoms with Crippen LogP contribution in [-0.4, -0.2) is 13.1 Å². The normalized spacial score (nSPS) is 10.0. The molecule has 1 rings (SSSR count). The molecule has 0 saturated heterocycles. The predicted octanol–water partition coefficient (Wildman–Crippen LogP) is 7.34. The van der Waals surface area contributed by atoms with Crippen molar-refractivity contribution in [3.8, 4) is 0 Å². The van der Waals surface area contributed by atoms with Crippen LogP contribution in [0.15, 0.2) is 30.3 Å². The number of benzene rings is 1. The van der Waals surface area contributed by atoms with E-state index in [1.807, 2.05) is 20.8 Å². The third-order valence-electron chi connectivity index (χ3n) is 3.60. The van der Waals surface area contributed by atoms with Gasteiger partial charge in [0.1, 0.15) is 0 Å². The molecule has 0 aliphatic carbocycles. The number of rotatable bonds is 4. The average Bonchev–Trinajstić information content (AvgIpc) is 2.46. The summed E-state index contributed by atoms with van der Waals surface area (Å²) < 4.78 is 4.57. The minimum absolute atomic E-state index is 0. The monoisotopic (exact) mass is 328 g/mol. The van der Waals surface area contributed by atoms with E-state index in [0.717, 1.165) is 6.42 Å². The van der Waals surface area contributed by atoms with E-state index in [2.05, 4.69) is 48.9 Å². The van der Waals surface area contributed by atoms with E-state index in [9.17, 15) is 4.79 Å². The lowest BCUT2D eigenvalue weighted by molar-refractivity contribution is -0.150. The lowest BCUT2D eigenvalue weighted by Crippen LogP contribution is -2.24. The van der Waals surface area contributed by atoms with E-state index in [1.54, 1.807) is 0 Å². The maximum absolute atomic E-state index is 10.8. The number of carbonyl (C=O) groups is 1. The molecule has 1 atom stereocenters. The molecule has 140 valence electrons. The molecule has 23 heavy (non-hydrogen) atoms. The first-order valence-electron chi connectivity index (χ1n) is 7.02. The Morgan fingerprint density at radius 1 is 1.04 bits per heavy atom. The molecule has 0 saturated carbocycles. The van der Waals surface area contributed by atoms with Crippen molar-refractivity contribution in [1.82, 2.24) is 0 Å². The highest BCUT2D eigenvalue weighted by Crippen LogP contribution is 2.20. The Morgan fingerprint density at radius 2 is 1.48 bits per heavy atom. The van der Waals surface area contributed by atoms with E-state index < -0.39 is 0 Å². The summed E-state index contributed by atoms with van der Waals surface area (Å²) in [5, 5.41) is 0. The second-order valence-electron chi connectivity index (χ2n) is 5.45. The van der Waals surface area contributed by atoms with Crippen molar-refractivity contribution in [2.75, 3.05) is 7.11 Å². The van der Waals surface area contributed by atoms with Gasteiger partial charge >= 0.3 is 5.97 Å². The van der Waals surface area contributed by atoms with Crippen LogP contribution in [0.1, 0.15) is 88.6 Å². The number of ether oxygens (including phenoxy) is 1. The summed E-state index contributed by atoms with van der Waals surface area (Å²) >= 11 is 0. The number of carbonyl (C=O) groups excluding carboxylic acids is 1. The van der Waals surface area contributed by atoms with E-state index in [-0.39, 0.29) is 41.1 Å². The van der Waals surface area contributed by atoms with Crippen molar-refractivity contribution in [3.05, 3.63) is 35.9 Å². The zero-order valence-electron chi connectivity index (χ0n) is 13.2. The fourth-order valence-electron chi connectivity index (χ4n) is 1.44. The molecule has 0 heterocycles. The molecule has 0 fully saturated rings. The van der Waals surface area contributed by atoms with Gasteiger partial charge in [-0.3, -0.25) is 4.79 Å². The zero-order chi connectivity index (χ0) is 14.9. The molecule has 1 aromatic rings. The Morgan fingerprint density at radius 3 is 1.74 bits per heavy atom.